The third-order valence-electron chi connectivity index (χ3n) is 3.95. The van der Waals surface area contributed by atoms with Gasteiger partial charge in [0.05, 0.1) is 4.47 Å². The minimum absolute atomic E-state index is 0.128. The van der Waals surface area contributed by atoms with Gasteiger partial charge in [0.15, 0.2) is 5.16 Å². The van der Waals surface area contributed by atoms with Crippen LogP contribution in [0.4, 0.5) is 0 Å². The van der Waals surface area contributed by atoms with Gasteiger partial charge in [0.1, 0.15) is 5.69 Å². The lowest BCUT2D eigenvalue weighted by molar-refractivity contribution is 0.0843. The Kier molecular flexibility index (Phi) is 7.24. The van der Waals surface area contributed by atoms with Crippen molar-refractivity contribution in [2.75, 3.05) is 0 Å². The second-order valence-corrected chi connectivity index (χ2v) is 8.21. The molecule has 29 heavy (non-hydrogen) atoms. The molecular weight excluding hydrogens is 476 g/mol. The fourth-order valence-electron chi connectivity index (χ4n) is 2.34. The Labute approximate surface area is 185 Å². The van der Waals surface area contributed by atoms with E-state index < -0.39 is 11.8 Å². The molecule has 0 aliphatic heterocycles. The lowest BCUT2D eigenvalue weighted by atomic mass is 10.1. The van der Waals surface area contributed by atoms with Crippen molar-refractivity contribution >= 4 is 51.1 Å². The second kappa shape index (κ2) is 9.87. The number of aromatic nitrogens is 2. The molecule has 0 bridgehead atoms. The van der Waals surface area contributed by atoms with Crippen molar-refractivity contribution in [1.29, 1.82) is 0 Å². The fourth-order valence-corrected chi connectivity index (χ4v) is 3.73. The number of aryl methyl sites for hydroxylation is 1. The van der Waals surface area contributed by atoms with Crippen molar-refractivity contribution in [2.45, 2.75) is 17.8 Å². The van der Waals surface area contributed by atoms with Crippen molar-refractivity contribution in [2.24, 2.45) is 0 Å². The molecule has 3 aromatic rings. The summed E-state index contributed by atoms with van der Waals surface area (Å²) >= 11 is 10.5. The highest BCUT2D eigenvalue weighted by Crippen LogP contribution is 2.23. The van der Waals surface area contributed by atoms with Gasteiger partial charge in [0.25, 0.3) is 11.8 Å². The van der Waals surface area contributed by atoms with Crippen LogP contribution in [-0.2, 0) is 5.75 Å². The fraction of sp³-hybridized carbons (Fsp3) is 0.100. The number of carbonyl (C=O) groups is 2. The molecule has 6 nitrogen and oxygen atoms in total. The Morgan fingerprint density at radius 3 is 2.48 bits per heavy atom. The number of hydrogen-bond acceptors (Lipinski definition) is 5. The Morgan fingerprint density at radius 1 is 1.07 bits per heavy atom. The normalized spacial score (nSPS) is 10.4. The van der Waals surface area contributed by atoms with E-state index >= 15 is 0 Å². The monoisotopic (exact) mass is 490 g/mol. The number of nitrogens with one attached hydrogen (secondary N) is 2. The first-order valence-corrected chi connectivity index (χ1v) is 10.7. The smallest absolute Gasteiger partial charge is 0.267 e. The van der Waals surface area contributed by atoms with E-state index in [1.807, 2.05) is 31.2 Å². The summed E-state index contributed by atoms with van der Waals surface area (Å²) in [5.74, 6) is -0.337. The van der Waals surface area contributed by atoms with Crippen molar-refractivity contribution in [3.8, 4) is 0 Å². The zero-order valence-electron chi connectivity index (χ0n) is 15.3. The number of hydrogen-bond donors (Lipinski definition) is 2. The van der Waals surface area contributed by atoms with E-state index in [1.54, 1.807) is 24.3 Å². The molecule has 0 spiro atoms. The van der Waals surface area contributed by atoms with Crippen LogP contribution in [0.5, 0.6) is 0 Å². The van der Waals surface area contributed by atoms with Crippen LogP contribution in [0.3, 0.4) is 0 Å². The van der Waals surface area contributed by atoms with Gasteiger partial charge in [-0.05, 0) is 58.2 Å². The Hall–Kier alpha value is -2.42. The number of halogens is 2. The molecule has 0 fully saturated rings. The first-order chi connectivity index (χ1) is 13.9. The summed E-state index contributed by atoms with van der Waals surface area (Å²) in [7, 11) is 0. The summed E-state index contributed by atoms with van der Waals surface area (Å²) in [4.78, 5) is 33.1. The molecule has 0 radical (unpaired) electrons. The SMILES string of the molecule is Cc1ccccc1CSc1ncc(Br)c(C(=O)NNC(=O)c2ccc(Cl)cc2)n1. The van der Waals surface area contributed by atoms with Crippen LogP contribution in [-0.4, -0.2) is 21.8 Å². The number of rotatable bonds is 5. The van der Waals surface area contributed by atoms with E-state index in [1.165, 1.54) is 29.1 Å². The maximum atomic E-state index is 12.5. The summed E-state index contributed by atoms with van der Waals surface area (Å²) in [5, 5.41) is 0.983. The number of hydrazine groups is 1. The molecule has 9 heteroatoms. The van der Waals surface area contributed by atoms with Crippen molar-refractivity contribution in [1.82, 2.24) is 20.8 Å². The standard InChI is InChI=1S/C20H16BrClN4O2S/c1-12-4-2-3-5-14(12)11-29-20-23-10-16(21)17(24-20)19(28)26-25-18(27)13-6-8-15(22)9-7-13/h2-10H,11H2,1H3,(H,25,27)(H,26,28). The molecule has 148 valence electrons. The van der Waals surface area contributed by atoms with Gasteiger partial charge in [-0.25, -0.2) is 9.97 Å². The first-order valence-electron chi connectivity index (χ1n) is 8.50. The lowest BCUT2D eigenvalue weighted by Gasteiger charge is -2.09. The molecule has 1 heterocycles. The molecule has 0 unspecified atom stereocenters. The lowest BCUT2D eigenvalue weighted by Crippen LogP contribution is -2.42. The van der Waals surface area contributed by atoms with Gasteiger partial charge in [-0.15, -0.1) is 0 Å². The van der Waals surface area contributed by atoms with Crippen LogP contribution >= 0.6 is 39.3 Å². The first kappa shape index (κ1) is 21.3. The zero-order chi connectivity index (χ0) is 20.8. The third kappa shape index (κ3) is 5.79. The van der Waals surface area contributed by atoms with Crippen molar-refractivity contribution in [3.63, 3.8) is 0 Å². The predicted octanol–water partition coefficient (Wildman–Crippen LogP) is 4.57. The minimum atomic E-state index is -0.556. The average Bonchev–Trinajstić information content (AvgIpc) is 2.72. The quantitative estimate of drug-likeness (QED) is 0.310. The molecule has 3 rings (SSSR count). The van der Waals surface area contributed by atoms with Gasteiger partial charge in [-0.3, -0.25) is 20.4 Å². The van der Waals surface area contributed by atoms with Gasteiger partial charge in [-0.1, -0.05) is 47.6 Å². The minimum Gasteiger partial charge on any atom is -0.267 e. The molecule has 0 saturated carbocycles. The zero-order valence-corrected chi connectivity index (χ0v) is 18.4. The van der Waals surface area contributed by atoms with Gasteiger partial charge in [-0.2, -0.15) is 0 Å². The Morgan fingerprint density at radius 2 is 1.76 bits per heavy atom. The molecule has 2 aromatic carbocycles. The average molecular weight is 492 g/mol. The summed E-state index contributed by atoms with van der Waals surface area (Å²) in [6.07, 6.45) is 1.52. The number of carbonyl (C=O) groups excluding carboxylic acids is 2. The van der Waals surface area contributed by atoms with Gasteiger partial charge < -0.3 is 0 Å². The predicted molar refractivity (Wildman–Crippen MR) is 117 cm³/mol. The highest BCUT2D eigenvalue weighted by Gasteiger charge is 2.16. The van der Waals surface area contributed by atoms with E-state index in [0.717, 1.165) is 0 Å². The van der Waals surface area contributed by atoms with Crippen LogP contribution in [0.2, 0.25) is 5.02 Å². The molecular formula is C20H16BrClN4O2S. The van der Waals surface area contributed by atoms with E-state index in [2.05, 4.69) is 36.7 Å². The maximum absolute atomic E-state index is 12.5. The van der Waals surface area contributed by atoms with Crippen LogP contribution in [0, 0.1) is 6.92 Å². The van der Waals surface area contributed by atoms with Crippen LogP contribution in [0.15, 0.2) is 64.4 Å². The highest BCUT2D eigenvalue weighted by atomic mass is 79.9. The summed E-state index contributed by atoms with van der Waals surface area (Å²) in [5.41, 5.74) is 7.57. The topological polar surface area (TPSA) is 84.0 Å². The molecule has 2 amide bonds. The summed E-state index contributed by atoms with van der Waals surface area (Å²) < 4.78 is 0.427. The van der Waals surface area contributed by atoms with Crippen LogP contribution in [0.25, 0.3) is 0 Å². The summed E-state index contributed by atoms with van der Waals surface area (Å²) in [6, 6.07) is 14.4. The van der Waals surface area contributed by atoms with E-state index in [4.69, 9.17) is 11.6 Å². The largest absolute Gasteiger partial charge is 0.289 e. The molecule has 0 aliphatic carbocycles. The highest BCUT2D eigenvalue weighted by molar-refractivity contribution is 9.10. The second-order valence-electron chi connectivity index (χ2n) is 5.98. The van der Waals surface area contributed by atoms with Crippen molar-refractivity contribution in [3.05, 3.63) is 86.6 Å². The molecule has 2 N–H and O–H groups in total. The third-order valence-corrected chi connectivity index (χ3v) is 5.69. The molecule has 0 aliphatic rings. The van der Waals surface area contributed by atoms with E-state index in [-0.39, 0.29) is 5.69 Å². The Bertz CT molecular complexity index is 1050. The maximum Gasteiger partial charge on any atom is 0.289 e. The summed E-state index contributed by atoms with van der Waals surface area (Å²) in [6.45, 7) is 2.04. The van der Waals surface area contributed by atoms with Gasteiger partial charge >= 0.3 is 0 Å². The van der Waals surface area contributed by atoms with Gasteiger partial charge in [0, 0.05) is 22.5 Å². The number of amides is 2. The van der Waals surface area contributed by atoms with Crippen molar-refractivity contribution < 1.29 is 9.59 Å². The van der Waals surface area contributed by atoms with E-state index in [9.17, 15) is 9.59 Å². The van der Waals surface area contributed by atoms with Gasteiger partial charge in [0.2, 0.25) is 0 Å². The van der Waals surface area contributed by atoms with Crippen LogP contribution in [0.1, 0.15) is 32.0 Å². The number of thioether (sulfide) groups is 1. The molecule has 0 saturated heterocycles. The number of nitrogens with zero attached hydrogens (tertiary/aromatic N) is 2. The van der Waals surface area contributed by atoms with E-state index in [0.29, 0.717) is 26.0 Å². The van der Waals surface area contributed by atoms with Crippen LogP contribution < -0.4 is 10.9 Å². The number of benzene rings is 2. The molecule has 1 aromatic heterocycles. The Balaban J connectivity index is 1.64. The molecule has 0 atom stereocenters.